The number of H-pyrrole nitrogens is 2. The number of hydrogen-bond donors (Lipinski definition) is 4. The lowest BCUT2D eigenvalue weighted by Crippen LogP contribution is -2.14. The summed E-state index contributed by atoms with van der Waals surface area (Å²) in [4.78, 5) is 43.7. The molecular weight excluding hydrogens is 382 g/mol. The maximum atomic E-state index is 12.7. The van der Waals surface area contributed by atoms with Crippen molar-refractivity contribution in [2.75, 3.05) is 10.6 Å². The predicted molar refractivity (Wildman–Crippen MR) is 112 cm³/mol. The molecule has 0 atom stereocenters. The molecule has 3 aromatic heterocycles. The number of fused-ring (bicyclic) bond motifs is 2. The van der Waals surface area contributed by atoms with Crippen LogP contribution < -0.4 is 10.6 Å². The lowest BCUT2D eigenvalue weighted by molar-refractivity contribution is 0.101. The lowest BCUT2D eigenvalue weighted by Gasteiger charge is -2.03. The summed E-state index contributed by atoms with van der Waals surface area (Å²) in [7, 11) is 0. The van der Waals surface area contributed by atoms with Gasteiger partial charge in [0, 0.05) is 29.5 Å². The fraction of sp³-hybridized carbons (Fsp3) is 0. The van der Waals surface area contributed by atoms with Gasteiger partial charge in [0.05, 0.1) is 16.6 Å². The van der Waals surface area contributed by atoms with E-state index in [1.165, 1.54) is 0 Å². The van der Waals surface area contributed by atoms with Gasteiger partial charge < -0.3 is 9.97 Å². The van der Waals surface area contributed by atoms with Crippen LogP contribution in [0.3, 0.4) is 0 Å². The second-order valence-electron chi connectivity index (χ2n) is 6.54. The minimum atomic E-state index is -0.359. The number of nitrogens with zero attached hydrogens (tertiary/aromatic N) is 3. The van der Waals surface area contributed by atoms with Gasteiger partial charge in [-0.05, 0) is 36.4 Å². The van der Waals surface area contributed by atoms with Crippen molar-refractivity contribution in [3.8, 4) is 0 Å². The molecule has 4 N–H and O–H groups in total. The van der Waals surface area contributed by atoms with Gasteiger partial charge in [-0.25, -0.2) is 9.97 Å². The van der Waals surface area contributed by atoms with E-state index in [9.17, 15) is 9.59 Å². The summed E-state index contributed by atoms with van der Waals surface area (Å²) in [5.41, 5.74) is 2.72. The fourth-order valence-electron chi connectivity index (χ4n) is 3.18. The fourth-order valence-corrected chi connectivity index (χ4v) is 3.18. The number of carbonyl (C=O) groups excluding carboxylic acids is 2. The van der Waals surface area contributed by atoms with Crippen molar-refractivity contribution in [3.63, 3.8) is 0 Å². The Kier molecular flexibility index (Phi) is 4.18. The number of aromatic nitrogens is 5. The molecule has 0 saturated heterocycles. The third-order valence-electron chi connectivity index (χ3n) is 4.58. The number of imidazole rings is 2. The van der Waals surface area contributed by atoms with Gasteiger partial charge in [0.2, 0.25) is 11.9 Å². The molecule has 9 heteroatoms. The molecule has 2 amide bonds. The first kappa shape index (κ1) is 17.6. The van der Waals surface area contributed by atoms with E-state index in [0.717, 1.165) is 10.9 Å². The van der Waals surface area contributed by atoms with Crippen molar-refractivity contribution in [1.82, 2.24) is 24.9 Å². The van der Waals surface area contributed by atoms with Crippen molar-refractivity contribution >= 4 is 45.6 Å². The summed E-state index contributed by atoms with van der Waals surface area (Å²) in [5.74, 6) is -0.0882. The Labute approximate surface area is 169 Å². The van der Waals surface area contributed by atoms with Gasteiger partial charge >= 0.3 is 0 Å². The molecule has 0 bridgehead atoms. The summed E-state index contributed by atoms with van der Waals surface area (Å²) in [6.45, 7) is 0. The molecule has 146 valence electrons. The lowest BCUT2D eigenvalue weighted by atomic mass is 10.1. The van der Waals surface area contributed by atoms with E-state index in [-0.39, 0.29) is 17.8 Å². The standard InChI is InChI=1S/C21H15N7O2/c29-18(13-6-7-15-12(11-13)3-2-8-22-15)27-21-25-16-5-1-4-14(17(16)26-21)19(30)28-20-23-9-10-24-20/h1-11H,(H2,23,24,28,30)(H2,25,26,27,29). The molecule has 0 saturated carbocycles. The third-order valence-corrected chi connectivity index (χ3v) is 4.58. The van der Waals surface area contributed by atoms with Gasteiger partial charge in [-0.15, -0.1) is 0 Å². The number of anilines is 2. The van der Waals surface area contributed by atoms with Crippen LogP contribution in [0.2, 0.25) is 0 Å². The summed E-state index contributed by atoms with van der Waals surface area (Å²) in [6.07, 6.45) is 4.86. The molecule has 0 aliphatic carbocycles. The Balaban J connectivity index is 1.42. The number of nitrogens with one attached hydrogen (secondary N) is 4. The first-order valence-electron chi connectivity index (χ1n) is 9.13. The third kappa shape index (κ3) is 3.24. The number of hydrogen-bond acceptors (Lipinski definition) is 5. The maximum absolute atomic E-state index is 12.7. The zero-order valence-electron chi connectivity index (χ0n) is 15.5. The van der Waals surface area contributed by atoms with Gasteiger partial charge in [-0.3, -0.25) is 25.2 Å². The Morgan fingerprint density at radius 1 is 0.867 bits per heavy atom. The number of aromatic amines is 2. The van der Waals surface area contributed by atoms with Crippen LogP contribution in [0.15, 0.2) is 67.1 Å². The summed E-state index contributed by atoms with van der Waals surface area (Å²) < 4.78 is 0. The van der Waals surface area contributed by atoms with Crippen molar-refractivity contribution in [1.29, 1.82) is 0 Å². The number of carbonyl (C=O) groups is 2. The quantitative estimate of drug-likeness (QED) is 0.370. The SMILES string of the molecule is O=C(Nc1nc2c(C(=O)Nc3ncc[nH]3)cccc2[nH]1)c1ccc2ncccc2c1. The van der Waals surface area contributed by atoms with Crippen molar-refractivity contribution in [3.05, 3.63) is 78.2 Å². The van der Waals surface area contributed by atoms with E-state index >= 15 is 0 Å². The molecule has 0 spiro atoms. The molecule has 0 fully saturated rings. The van der Waals surface area contributed by atoms with E-state index in [1.54, 1.807) is 55.0 Å². The Bertz CT molecular complexity index is 1390. The Morgan fingerprint density at radius 2 is 1.77 bits per heavy atom. The summed E-state index contributed by atoms with van der Waals surface area (Å²) >= 11 is 0. The molecule has 3 heterocycles. The monoisotopic (exact) mass is 397 g/mol. The van der Waals surface area contributed by atoms with Crippen LogP contribution in [0.4, 0.5) is 11.9 Å². The highest BCUT2D eigenvalue weighted by Crippen LogP contribution is 2.20. The van der Waals surface area contributed by atoms with Gasteiger partial charge in [-0.2, -0.15) is 0 Å². The molecule has 0 aliphatic rings. The molecular formula is C21H15N7O2. The highest BCUT2D eigenvalue weighted by Gasteiger charge is 2.16. The molecule has 0 radical (unpaired) electrons. The van der Waals surface area contributed by atoms with Gasteiger partial charge in [0.25, 0.3) is 11.8 Å². The normalized spacial score (nSPS) is 10.9. The van der Waals surface area contributed by atoms with E-state index in [4.69, 9.17) is 0 Å². The van der Waals surface area contributed by atoms with Gasteiger partial charge in [-0.1, -0.05) is 12.1 Å². The zero-order valence-corrected chi connectivity index (χ0v) is 15.5. The zero-order chi connectivity index (χ0) is 20.5. The van der Waals surface area contributed by atoms with Crippen molar-refractivity contribution in [2.45, 2.75) is 0 Å². The number of benzene rings is 2. The molecule has 30 heavy (non-hydrogen) atoms. The minimum Gasteiger partial charge on any atom is -0.331 e. The minimum absolute atomic E-state index is 0.250. The Hall–Kier alpha value is -4.53. The van der Waals surface area contributed by atoms with Crippen molar-refractivity contribution < 1.29 is 9.59 Å². The predicted octanol–water partition coefficient (Wildman–Crippen LogP) is 3.34. The molecule has 5 aromatic rings. The largest absolute Gasteiger partial charge is 0.331 e. The first-order chi connectivity index (χ1) is 14.7. The van der Waals surface area contributed by atoms with Crippen molar-refractivity contribution in [2.24, 2.45) is 0 Å². The van der Waals surface area contributed by atoms with Crippen LogP contribution in [-0.2, 0) is 0 Å². The molecule has 9 nitrogen and oxygen atoms in total. The average molecular weight is 397 g/mol. The maximum Gasteiger partial charge on any atom is 0.260 e. The van der Waals surface area contributed by atoms with Crippen LogP contribution in [0.1, 0.15) is 20.7 Å². The number of amides is 2. The summed E-state index contributed by atoms with van der Waals surface area (Å²) in [6, 6.07) is 14.1. The highest BCUT2D eigenvalue weighted by atomic mass is 16.2. The summed E-state index contributed by atoms with van der Waals surface area (Å²) in [5, 5.41) is 6.29. The van der Waals surface area contributed by atoms with E-state index in [2.05, 4.69) is 35.6 Å². The number of rotatable bonds is 4. The van der Waals surface area contributed by atoms with Crippen LogP contribution in [0.5, 0.6) is 0 Å². The van der Waals surface area contributed by atoms with E-state index in [0.29, 0.717) is 28.1 Å². The second kappa shape index (κ2) is 7.13. The second-order valence-corrected chi connectivity index (χ2v) is 6.54. The topological polar surface area (TPSA) is 128 Å². The highest BCUT2D eigenvalue weighted by molar-refractivity contribution is 6.12. The van der Waals surface area contributed by atoms with Crippen LogP contribution in [0, 0.1) is 0 Å². The number of para-hydroxylation sites is 1. The van der Waals surface area contributed by atoms with Gasteiger partial charge in [0.1, 0.15) is 5.52 Å². The molecule has 0 unspecified atom stereocenters. The van der Waals surface area contributed by atoms with Gasteiger partial charge in [0.15, 0.2) is 0 Å². The molecule has 0 aliphatic heterocycles. The smallest absolute Gasteiger partial charge is 0.260 e. The molecule has 5 rings (SSSR count). The Morgan fingerprint density at radius 3 is 2.63 bits per heavy atom. The first-order valence-corrected chi connectivity index (χ1v) is 9.13. The molecule has 2 aromatic carbocycles. The van der Waals surface area contributed by atoms with E-state index in [1.807, 2.05) is 12.1 Å². The van der Waals surface area contributed by atoms with Crippen LogP contribution in [-0.4, -0.2) is 36.7 Å². The van der Waals surface area contributed by atoms with E-state index < -0.39 is 0 Å². The average Bonchev–Trinajstić information content (AvgIpc) is 3.42. The van der Waals surface area contributed by atoms with Crippen LogP contribution >= 0.6 is 0 Å². The van der Waals surface area contributed by atoms with Crippen LogP contribution in [0.25, 0.3) is 21.9 Å². The number of pyridine rings is 1.